The minimum atomic E-state index is -0.00246. The van der Waals surface area contributed by atoms with Gasteiger partial charge in [-0.3, -0.25) is 4.98 Å². The topological polar surface area (TPSA) is 76.3 Å². The van der Waals surface area contributed by atoms with Crippen molar-refractivity contribution in [3.63, 3.8) is 0 Å². The summed E-state index contributed by atoms with van der Waals surface area (Å²) < 4.78 is 7.73. The van der Waals surface area contributed by atoms with Crippen LogP contribution in [0, 0.1) is 13.8 Å². The summed E-state index contributed by atoms with van der Waals surface area (Å²) in [6.45, 7) is 5.51. The number of fused-ring (bicyclic) bond motifs is 1. The van der Waals surface area contributed by atoms with Crippen LogP contribution in [0.2, 0.25) is 0 Å². The van der Waals surface area contributed by atoms with Crippen LogP contribution in [0.5, 0.6) is 0 Å². The maximum atomic E-state index is 9.72. The van der Waals surface area contributed by atoms with Gasteiger partial charge in [-0.2, -0.15) is 5.10 Å². The minimum Gasteiger partial charge on any atom is -0.395 e. The van der Waals surface area contributed by atoms with Crippen molar-refractivity contribution >= 4 is 22.4 Å². The van der Waals surface area contributed by atoms with E-state index in [-0.39, 0.29) is 12.8 Å². The normalized spacial score (nSPS) is 16.3. The Balaban J connectivity index is 1.49. The lowest BCUT2D eigenvalue weighted by Crippen LogP contribution is -2.21. The van der Waals surface area contributed by atoms with Gasteiger partial charge in [0, 0.05) is 36.3 Å². The standard InChI is InChI=1S/C26H29N5O2/c1-18-11-19(2)13-22(12-18)30(8-9-32)21-6-7-23-24(14-21)29-25(16-27-23)20-15-28-31(17-20)26-5-3-4-10-33-26/h6-7,11-17,26,32H,3-5,8-10H2,1-2H3. The number of anilines is 2. The molecule has 1 aliphatic heterocycles. The first kappa shape index (κ1) is 21.6. The molecule has 0 aliphatic carbocycles. The van der Waals surface area contributed by atoms with E-state index in [1.165, 1.54) is 11.1 Å². The fourth-order valence-electron chi connectivity index (χ4n) is 4.48. The van der Waals surface area contributed by atoms with E-state index in [9.17, 15) is 5.11 Å². The lowest BCUT2D eigenvalue weighted by atomic mass is 10.1. The summed E-state index contributed by atoms with van der Waals surface area (Å²) in [6.07, 6.45) is 8.85. The van der Waals surface area contributed by atoms with Gasteiger partial charge in [-0.1, -0.05) is 6.07 Å². The third kappa shape index (κ3) is 4.60. The highest BCUT2D eigenvalue weighted by atomic mass is 16.5. The zero-order chi connectivity index (χ0) is 22.8. The molecule has 1 saturated heterocycles. The van der Waals surface area contributed by atoms with Crippen LogP contribution in [0.1, 0.15) is 36.6 Å². The van der Waals surface area contributed by atoms with Gasteiger partial charge < -0.3 is 14.7 Å². The third-order valence-corrected chi connectivity index (χ3v) is 6.03. The van der Waals surface area contributed by atoms with Gasteiger partial charge in [-0.05, 0) is 74.6 Å². The van der Waals surface area contributed by atoms with E-state index in [1.54, 1.807) is 6.20 Å². The first-order valence-corrected chi connectivity index (χ1v) is 11.5. The van der Waals surface area contributed by atoms with E-state index in [4.69, 9.17) is 9.72 Å². The summed E-state index contributed by atoms with van der Waals surface area (Å²) >= 11 is 0. The van der Waals surface area contributed by atoms with E-state index in [0.29, 0.717) is 6.54 Å². The average Bonchev–Trinajstić information content (AvgIpc) is 3.32. The number of aromatic nitrogens is 4. The number of hydrogen-bond acceptors (Lipinski definition) is 6. The Morgan fingerprint density at radius 2 is 1.88 bits per heavy atom. The monoisotopic (exact) mass is 443 g/mol. The van der Waals surface area contributed by atoms with Gasteiger partial charge in [-0.15, -0.1) is 0 Å². The number of aliphatic hydroxyl groups excluding tert-OH is 1. The lowest BCUT2D eigenvalue weighted by molar-refractivity contribution is -0.0394. The van der Waals surface area contributed by atoms with Crippen molar-refractivity contribution in [2.75, 3.05) is 24.7 Å². The van der Waals surface area contributed by atoms with Crippen molar-refractivity contribution in [3.05, 3.63) is 66.1 Å². The van der Waals surface area contributed by atoms with E-state index in [1.807, 2.05) is 35.3 Å². The zero-order valence-corrected chi connectivity index (χ0v) is 19.1. The van der Waals surface area contributed by atoms with Gasteiger partial charge in [-0.25, -0.2) is 9.67 Å². The molecule has 0 bridgehead atoms. The zero-order valence-electron chi connectivity index (χ0n) is 19.1. The molecule has 1 unspecified atom stereocenters. The Morgan fingerprint density at radius 1 is 1.03 bits per heavy atom. The van der Waals surface area contributed by atoms with E-state index in [0.717, 1.165) is 59.5 Å². The molecule has 33 heavy (non-hydrogen) atoms. The molecule has 0 saturated carbocycles. The van der Waals surface area contributed by atoms with Gasteiger partial charge in [0.25, 0.3) is 0 Å². The summed E-state index contributed by atoms with van der Waals surface area (Å²) in [4.78, 5) is 11.6. The Labute approximate surface area is 193 Å². The minimum absolute atomic E-state index is 0.00246. The van der Waals surface area contributed by atoms with Crippen LogP contribution in [0.15, 0.2) is 55.0 Å². The summed E-state index contributed by atoms with van der Waals surface area (Å²) in [5, 5.41) is 14.2. The van der Waals surface area contributed by atoms with Crippen molar-refractivity contribution in [1.29, 1.82) is 0 Å². The number of rotatable bonds is 6. The van der Waals surface area contributed by atoms with Gasteiger partial charge in [0.1, 0.15) is 6.23 Å². The quantitative estimate of drug-likeness (QED) is 0.455. The highest BCUT2D eigenvalue weighted by Gasteiger charge is 2.18. The van der Waals surface area contributed by atoms with Crippen LogP contribution < -0.4 is 4.90 Å². The van der Waals surface area contributed by atoms with E-state index >= 15 is 0 Å². The predicted molar refractivity (Wildman–Crippen MR) is 130 cm³/mol. The molecule has 5 rings (SSSR count). The maximum absolute atomic E-state index is 9.72. The number of benzene rings is 2. The van der Waals surface area contributed by atoms with Crippen LogP contribution in [-0.4, -0.2) is 44.6 Å². The Morgan fingerprint density at radius 3 is 2.64 bits per heavy atom. The van der Waals surface area contributed by atoms with Gasteiger partial charge in [0.05, 0.1) is 35.7 Å². The number of hydrogen-bond donors (Lipinski definition) is 1. The SMILES string of the molecule is Cc1cc(C)cc(N(CCO)c2ccc3ncc(-c4cnn(C5CCCCO5)c4)nc3c2)c1. The summed E-state index contributed by atoms with van der Waals surface area (Å²) in [5.74, 6) is 0. The molecule has 1 aliphatic rings. The smallest absolute Gasteiger partial charge is 0.150 e. The second kappa shape index (κ2) is 9.29. The second-order valence-electron chi connectivity index (χ2n) is 8.68. The molecule has 1 N–H and O–H groups in total. The molecule has 1 atom stereocenters. The molecule has 1 fully saturated rings. The van der Waals surface area contributed by atoms with Crippen LogP contribution in [0.25, 0.3) is 22.3 Å². The second-order valence-corrected chi connectivity index (χ2v) is 8.68. The fraction of sp³-hybridized carbons (Fsp3) is 0.346. The molecular weight excluding hydrogens is 414 g/mol. The summed E-state index contributed by atoms with van der Waals surface area (Å²) in [6, 6.07) is 12.5. The molecule has 3 heterocycles. The van der Waals surface area contributed by atoms with Crippen molar-refractivity contribution < 1.29 is 9.84 Å². The van der Waals surface area contributed by atoms with E-state index in [2.05, 4.69) is 47.0 Å². The number of ether oxygens (including phenoxy) is 1. The van der Waals surface area contributed by atoms with Crippen molar-refractivity contribution in [2.45, 2.75) is 39.3 Å². The highest BCUT2D eigenvalue weighted by molar-refractivity contribution is 5.82. The Hall–Kier alpha value is -3.29. The largest absolute Gasteiger partial charge is 0.395 e. The summed E-state index contributed by atoms with van der Waals surface area (Å²) in [5.41, 5.74) is 7.74. The maximum Gasteiger partial charge on any atom is 0.150 e. The van der Waals surface area contributed by atoms with Crippen LogP contribution in [0.3, 0.4) is 0 Å². The van der Waals surface area contributed by atoms with Crippen LogP contribution in [-0.2, 0) is 4.74 Å². The van der Waals surface area contributed by atoms with Crippen molar-refractivity contribution in [1.82, 2.24) is 19.7 Å². The average molecular weight is 444 g/mol. The molecule has 2 aromatic heterocycles. The molecule has 0 spiro atoms. The number of aryl methyl sites for hydroxylation is 2. The molecule has 2 aromatic carbocycles. The molecule has 7 heteroatoms. The molecule has 0 amide bonds. The molecule has 170 valence electrons. The van der Waals surface area contributed by atoms with Crippen LogP contribution >= 0.6 is 0 Å². The molecular formula is C26H29N5O2. The number of aliphatic hydroxyl groups is 1. The van der Waals surface area contributed by atoms with Gasteiger partial charge in [0.15, 0.2) is 0 Å². The summed E-state index contributed by atoms with van der Waals surface area (Å²) in [7, 11) is 0. The van der Waals surface area contributed by atoms with Crippen molar-refractivity contribution in [3.8, 4) is 11.3 Å². The fourth-order valence-corrected chi connectivity index (χ4v) is 4.48. The highest BCUT2D eigenvalue weighted by Crippen LogP contribution is 2.30. The lowest BCUT2D eigenvalue weighted by Gasteiger charge is -2.25. The van der Waals surface area contributed by atoms with Crippen molar-refractivity contribution in [2.24, 2.45) is 0 Å². The molecule has 7 nitrogen and oxygen atoms in total. The third-order valence-electron chi connectivity index (χ3n) is 6.03. The Bertz CT molecular complexity index is 1240. The van der Waals surface area contributed by atoms with E-state index < -0.39 is 0 Å². The molecule has 4 aromatic rings. The number of nitrogens with zero attached hydrogens (tertiary/aromatic N) is 5. The first-order chi connectivity index (χ1) is 16.1. The first-order valence-electron chi connectivity index (χ1n) is 11.5. The molecule has 0 radical (unpaired) electrons. The Kier molecular flexibility index (Phi) is 6.07. The van der Waals surface area contributed by atoms with Crippen LogP contribution in [0.4, 0.5) is 11.4 Å². The van der Waals surface area contributed by atoms with Gasteiger partial charge in [0.2, 0.25) is 0 Å². The van der Waals surface area contributed by atoms with Gasteiger partial charge >= 0.3 is 0 Å². The predicted octanol–water partition coefficient (Wildman–Crippen LogP) is 4.94.